The van der Waals surface area contributed by atoms with Crippen LogP contribution in [0.2, 0.25) is 0 Å². The maximum atomic E-state index is 12.9. The number of benzene rings is 1. The zero-order valence-corrected chi connectivity index (χ0v) is 15.2. The summed E-state index contributed by atoms with van der Waals surface area (Å²) >= 11 is 0. The summed E-state index contributed by atoms with van der Waals surface area (Å²) < 4.78 is 18.6. The van der Waals surface area contributed by atoms with E-state index in [0.717, 1.165) is 32.6 Å². The van der Waals surface area contributed by atoms with Crippen molar-refractivity contribution in [3.63, 3.8) is 0 Å². The Morgan fingerprint density at radius 1 is 1.20 bits per heavy atom. The number of hydrogen-bond acceptors (Lipinski definition) is 3. The third-order valence-corrected chi connectivity index (χ3v) is 5.15. The lowest BCUT2D eigenvalue weighted by Crippen LogP contribution is -2.46. The quantitative estimate of drug-likeness (QED) is 0.767. The first-order valence-corrected chi connectivity index (χ1v) is 9.11. The van der Waals surface area contributed by atoms with E-state index in [-0.39, 0.29) is 11.8 Å². The van der Waals surface area contributed by atoms with Crippen LogP contribution in [-0.2, 0) is 0 Å². The Hall–Kier alpha value is -1.82. The van der Waals surface area contributed by atoms with Crippen molar-refractivity contribution in [1.82, 2.24) is 14.7 Å². The van der Waals surface area contributed by atoms with Gasteiger partial charge in [-0.15, -0.1) is 0 Å². The van der Waals surface area contributed by atoms with Crippen molar-refractivity contribution in [3.05, 3.63) is 30.1 Å². The molecule has 6 heteroatoms. The molecule has 4 rings (SSSR count). The lowest BCUT2D eigenvalue weighted by Gasteiger charge is -2.36. The van der Waals surface area contributed by atoms with E-state index >= 15 is 0 Å². The number of urea groups is 1. The zero-order chi connectivity index (χ0) is 17.8. The maximum Gasteiger partial charge on any atom is 0.319 e. The minimum Gasteiger partial charge on any atom is -0.494 e. The fourth-order valence-electron chi connectivity index (χ4n) is 3.88. The molecule has 3 aliphatic rings. The molecule has 0 saturated carbocycles. The lowest BCUT2D eigenvalue weighted by molar-refractivity contribution is 0.122. The topological polar surface area (TPSA) is 36.0 Å². The summed E-state index contributed by atoms with van der Waals surface area (Å²) in [5.41, 5.74) is 0. The van der Waals surface area contributed by atoms with E-state index in [0.29, 0.717) is 24.3 Å². The van der Waals surface area contributed by atoms with Gasteiger partial charge in [0.1, 0.15) is 11.6 Å². The Labute approximate surface area is 149 Å². The predicted octanol–water partition coefficient (Wildman–Crippen LogP) is 2.67. The van der Waals surface area contributed by atoms with Crippen LogP contribution < -0.4 is 4.74 Å². The average molecular weight is 349 g/mol. The van der Waals surface area contributed by atoms with Crippen molar-refractivity contribution >= 4 is 6.03 Å². The van der Waals surface area contributed by atoms with Crippen molar-refractivity contribution < 1.29 is 13.9 Å². The number of carbonyl (C=O) groups excluding carboxylic acids is 1. The minimum absolute atomic E-state index is 0.124. The van der Waals surface area contributed by atoms with Crippen molar-refractivity contribution in [2.75, 3.05) is 46.9 Å². The third-order valence-electron chi connectivity index (χ3n) is 5.15. The fraction of sp³-hybridized carbons (Fsp3) is 0.632. The van der Waals surface area contributed by atoms with Crippen molar-refractivity contribution in [2.45, 2.75) is 25.3 Å². The number of amides is 2. The summed E-state index contributed by atoms with van der Waals surface area (Å²) in [6.07, 6.45) is 3.31. The number of carbonyl (C=O) groups is 1. The molecule has 0 aromatic heterocycles. The van der Waals surface area contributed by atoms with E-state index in [1.165, 1.54) is 25.0 Å². The van der Waals surface area contributed by atoms with E-state index in [2.05, 4.69) is 4.90 Å². The molecule has 0 aliphatic carbocycles. The molecule has 2 atom stereocenters. The molecule has 25 heavy (non-hydrogen) atoms. The number of nitrogens with zero attached hydrogens (tertiary/aromatic N) is 3. The Kier molecular flexibility index (Phi) is 5.78. The molecule has 0 N–H and O–H groups in total. The van der Waals surface area contributed by atoms with E-state index in [1.54, 1.807) is 17.0 Å². The Morgan fingerprint density at radius 2 is 1.96 bits per heavy atom. The SMILES string of the molecule is CN(C)C(=O)N1C[C@H]2CC[C@@H](C1)N(CCCOc1ccc(F)cc1)C2. The van der Waals surface area contributed by atoms with E-state index in [4.69, 9.17) is 4.74 Å². The van der Waals surface area contributed by atoms with Crippen LogP contribution in [0.4, 0.5) is 9.18 Å². The summed E-state index contributed by atoms with van der Waals surface area (Å²) in [7, 11) is 3.64. The molecule has 138 valence electrons. The van der Waals surface area contributed by atoms with Crippen LogP contribution in [0.25, 0.3) is 0 Å². The molecule has 3 saturated heterocycles. The van der Waals surface area contributed by atoms with Gasteiger partial charge in [-0.1, -0.05) is 0 Å². The Balaban J connectivity index is 1.47. The number of piperidine rings is 1. The summed E-state index contributed by atoms with van der Waals surface area (Å²) in [5.74, 6) is 1.03. The van der Waals surface area contributed by atoms with Crippen LogP contribution in [0.1, 0.15) is 19.3 Å². The minimum atomic E-state index is -0.246. The van der Waals surface area contributed by atoms with Gasteiger partial charge in [0.15, 0.2) is 0 Å². The predicted molar refractivity (Wildman–Crippen MR) is 95.3 cm³/mol. The number of rotatable bonds is 5. The van der Waals surface area contributed by atoms with Crippen molar-refractivity contribution in [2.24, 2.45) is 5.92 Å². The van der Waals surface area contributed by atoms with Crippen LogP contribution in [0.15, 0.2) is 24.3 Å². The molecule has 0 spiro atoms. The highest BCUT2D eigenvalue weighted by Crippen LogP contribution is 2.28. The zero-order valence-electron chi connectivity index (χ0n) is 15.2. The lowest BCUT2D eigenvalue weighted by atomic mass is 9.95. The largest absolute Gasteiger partial charge is 0.494 e. The Morgan fingerprint density at radius 3 is 2.68 bits per heavy atom. The molecule has 0 unspecified atom stereocenters. The summed E-state index contributed by atoms with van der Waals surface area (Å²) in [6, 6.07) is 6.73. The monoisotopic (exact) mass is 349 g/mol. The van der Waals surface area contributed by atoms with Gasteiger partial charge in [0, 0.05) is 46.3 Å². The second-order valence-corrected chi connectivity index (χ2v) is 7.33. The van der Waals surface area contributed by atoms with Gasteiger partial charge >= 0.3 is 6.03 Å². The van der Waals surface area contributed by atoms with Crippen LogP contribution in [0.3, 0.4) is 0 Å². The highest BCUT2D eigenvalue weighted by Gasteiger charge is 2.36. The number of halogens is 1. The molecule has 1 aromatic rings. The molecule has 3 heterocycles. The molecule has 1 aromatic carbocycles. The number of hydrogen-bond donors (Lipinski definition) is 0. The molecule has 3 fully saturated rings. The van der Waals surface area contributed by atoms with Gasteiger partial charge < -0.3 is 14.5 Å². The molecular formula is C19H28FN3O2. The highest BCUT2D eigenvalue weighted by molar-refractivity contribution is 5.74. The third kappa shape index (κ3) is 4.63. The average Bonchev–Trinajstić information content (AvgIpc) is 2.91. The Bertz CT molecular complexity index is 579. The van der Waals surface area contributed by atoms with Crippen LogP contribution in [-0.4, -0.2) is 73.7 Å². The van der Waals surface area contributed by atoms with Crippen molar-refractivity contribution in [1.29, 1.82) is 0 Å². The van der Waals surface area contributed by atoms with Crippen LogP contribution in [0, 0.1) is 11.7 Å². The first-order chi connectivity index (χ1) is 12.0. The summed E-state index contributed by atoms with van der Waals surface area (Å²) in [6.45, 7) is 4.37. The molecule has 2 amide bonds. The van der Waals surface area contributed by atoms with Gasteiger partial charge in [-0.25, -0.2) is 9.18 Å². The fourth-order valence-corrected chi connectivity index (χ4v) is 3.88. The molecular weight excluding hydrogens is 321 g/mol. The van der Waals surface area contributed by atoms with Gasteiger partial charge in [0.05, 0.1) is 6.61 Å². The highest BCUT2D eigenvalue weighted by atomic mass is 19.1. The van der Waals surface area contributed by atoms with Crippen LogP contribution in [0.5, 0.6) is 5.75 Å². The van der Waals surface area contributed by atoms with Crippen LogP contribution >= 0.6 is 0 Å². The standard InChI is InChI=1S/C19H28FN3O2/c1-21(2)19(24)23-13-15-4-7-17(14-23)22(12-15)10-3-11-25-18-8-5-16(20)6-9-18/h5-6,8-9,15,17H,3-4,7,10-14H2,1-2H3/t15-,17-/m0/s1. The summed E-state index contributed by atoms with van der Waals surface area (Å²) in [4.78, 5) is 18.5. The molecule has 5 nitrogen and oxygen atoms in total. The van der Waals surface area contributed by atoms with E-state index < -0.39 is 0 Å². The van der Waals surface area contributed by atoms with Gasteiger partial charge in [-0.2, -0.15) is 0 Å². The first-order valence-electron chi connectivity index (χ1n) is 9.11. The van der Waals surface area contributed by atoms with Crippen molar-refractivity contribution in [3.8, 4) is 5.75 Å². The van der Waals surface area contributed by atoms with Gasteiger partial charge in [-0.3, -0.25) is 4.90 Å². The second-order valence-electron chi connectivity index (χ2n) is 7.33. The van der Waals surface area contributed by atoms with Gasteiger partial charge in [-0.05, 0) is 49.4 Å². The van der Waals surface area contributed by atoms with E-state index in [1.807, 2.05) is 19.0 Å². The smallest absolute Gasteiger partial charge is 0.319 e. The van der Waals surface area contributed by atoms with Gasteiger partial charge in [0.2, 0.25) is 0 Å². The summed E-state index contributed by atoms with van der Waals surface area (Å²) in [5, 5.41) is 0. The molecule has 3 aliphatic heterocycles. The first kappa shape index (κ1) is 18.0. The molecule has 2 bridgehead atoms. The molecule has 0 radical (unpaired) electrons. The number of ether oxygens (including phenoxy) is 1. The number of fused-ring (bicyclic) bond motifs is 4. The normalized spacial score (nSPS) is 23.4. The van der Waals surface area contributed by atoms with E-state index in [9.17, 15) is 9.18 Å². The van der Waals surface area contributed by atoms with Gasteiger partial charge in [0.25, 0.3) is 0 Å². The maximum absolute atomic E-state index is 12.9. The second kappa shape index (κ2) is 8.04.